The Hall–Kier alpha value is -2.80. The molecule has 0 saturated heterocycles. The number of rotatable bonds is 8. The highest BCUT2D eigenvalue weighted by molar-refractivity contribution is 5.98. The van der Waals surface area contributed by atoms with Crippen molar-refractivity contribution < 1.29 is 9.59 Å². The van der Waals surface area contributed by atoms with Crippen LogP contribution in [0.4, 0.5) is 0 Å². The van der Waals surface area contributed by atoms with Crippen LogP contribution in [-0.4, -0.2) is 53.9 Å². The van der Waals surface area contributed by atoms with E-state index >= 15 is 0 Å². The largest absolute Gasteiger partial charge is 0.351 e. The van der Waals surface area contributed by atoms with Gasteiger partial charge in [-0.25, -0.2) is 0 Å². The molecule has 0 aliphatic heterocycles. The molecule has 2 amide bonds. The Morgan fingerprint density at radius 3 is 2.68 bits per heavy atom. The number of carbonyl (C=O) groups excluding carboxylic acids is 2. The first-order valence-corrected chi connectivity index (χ1v) is 8.12. The second-order valence-electron chi connectivity index (χ2n) is 5.89. The molecule has 0 aliphatic rings. The van der Waals surface area contributed by atoms with E-state index in [0.717, 1.165) is 18.5 Å². The Morgan fingerprint density at radius 2 is 1.96 bits per heavy atom. The van der Waals surface area contributed by atoms with Gasteiger partial charge in [-0.15, -0.1) is 0 Å². The van der Waals surface area contributed by atoms with Crippen LogP contribution in [0.5, 0.6) is 0 Å². The van der Waals surface area contributed by atoms with E-state index in [1.807, 2.05) is 26.2 Å². The number of carbonyl (C=O) groups is 2. The van der Waals surface area contributed by atoms with Crippen molar-refractivity contribution in [3.63, 3.8) is 0 Å². The number of pyridine rings is 2. The third kappa shape index (κ3) is 6.31. The van der Waals surface area contributed by atoms with Crippen molar-refractivity contribution in [1.82, 2.24) is 25.5 Å². The Balaban J connectivity index is 1.88. The van der Waals surface area contributed by atoms with Gasteiger partial charge in [-0.2, -0.15) is 0 Å². The molecule has 0 radical (unpaired) electrons. The summed E-state index contributed by atoms with van der Waals surface area (Å²) in [4.78, 5) is 34.4. The number of nitrogens with zero attached hydrogens (tertiary/aromatic N) is 3. The first kappa shape index (κ1) is 18.5. The molecule has 0 spiro atoms. The molecule has 25 heavy (non-hydrogen) atoms. The Labute approximate surface area is 147 Å². The maximum atomic E-state index is 12.2. The van der Waals surface area contributed by atoms with Crippen molar-refractivity contribution in [2.45, 2.75) is 13.0 Å². The minimum absolute atomic E-state index is 0.235. The highest BCUT2D eigenvalue weighted by Crippen LogP contribution is 2.03. The van der Waals surface area contributed by atoms with Gasteiger partial charge in [0.2, 0.25) is 0 Å². The van der Waals surface area contributed by atoms with E-state index in [1.165, 1.54) is 12.3 Å². The van der Waals surface area contributed by atoms with Crippen LogP contribution in [0.25, 0.3) is 0 Å². The van der Waals surface area contributed by atoms with Gasteiger partial charge in [-0.05, 0) is 50.8 Å². The lowest BCUT2D eigenvalue weighted by Crippen LogP contribution is -2.28. The molecule has 0 saturated carbocycles. The van der Waals surface area contributed by atoms with E-state index in [1.54, 1.807) is 18.5 Å². The summed E-state index contributed by atoms with van der Waals surface area (Å²) in [5.74, 6) is -0.534. The summed E-state index contributed by atoms with van der Waals surface area (Å²) in [6.07, 6.45) is 5.69. The predicted octanol–water partition coefficient (Wildman–Crippen LogP) is 1.09. The van der Waals surface area contributed by atoms with E-state index in [4.69, 9.17) is 0 Å². The summed E-state index contributed by atoms with van der Waals surface area (Å²) in [5, 5.41) is 5.61. The van der Waals surface area contributed by atoms with Gasteiger partial charge < -0.3 is 15.5 Å². The van der Waals surface area contributed by atoms with Crippen molar-refractivity contribution in [1.29, 1.82) is 0 Å². The fraction of sp³-hybridized carbons (Fsp3) is 0.333. The first-order chi connectivity index (χ1) is 12.1. The Kier molecular flexibility index (Phi) is 7.03. The van der Waals surface area contributed by atoms with Crippen LogP contribution in [-0.2, 0) is 6.54 Å². The highest BCUT2D eigenvalue weighted by atomic mass is 16.2. The molecule has 2 aromatic rings. The summed E-state index contributed by atoms with van der Waals surface area (Å²) in [6.45, 7) is 1.84. The molecule has 0 aromatic carbocycles. The number of hydrogen-bond acceptors (Lipinski definition) is 5. The maximum absolute atomic E-state index is 12.2. The van der Waals surface area contributed by atoms with Gasteiger partial charge >= 0.3 is 0 Å². The van der Waals surface area contributed by atoms with Gasteiger partial charge in [-0.3, -0.25) is 19.6 Å². The highest BCUT2D eigenvalue weighted by Gasteiger charge is 2.11. The second-order valence-corrected chi connectivity index (χ2v) is 5.89. The summed E-state index contributed by atoms with van der Waals surface area (Å²) in [5.41, 5.74) is 1.54. The molecule has 0 bridgehead atoms. The summed E-state index contributed by atoms with van der Waals surface area (Å²) in [6, 6.07) is 6.78. The van der Waals surface area contributed by atoms with Crippen molar-refractivity contribution in [3.05, 3.63) is 59.7 Å². The number of amides is 2. The van der Waals surface area contributed by atoms with Gasteiger partial charge in [0, 0.05) is 37.2 Å². The minimum Gasteiger partial charge on any atom is -0.351 e. The Morgan fingerprint density at radius 1 is 1.12 bits per heavy atom. The van der Waals surface area contributed by atoms with Crippen LogP contribution in [0.3, 0.4) is 0 Å². The maximum Gasteiger partial charge on any atom is 0.269 e. The van der Waals surface area contributed by atoms with E-state index in [-0.39, 0.29) is 17.5 Å². The van der Waals surface area contributed by atoms with Crippen molar-refractivity contribution in [2.75, 3.05) is 27.2 Å². The molecule has 0 fully saturated rings. The molecular weight excluding hydrogens is 318 g/mol. The van der Waals surface area contributed by atoms with E-state index in [0.29, 0.717) is 18.7 Å². The standard InChI is InChI=1S/C18H23N5O2/c1-23(2)10-4-8-21-18(25)16-11-15(6-9-20-16)17(24)22-13-14-5-3-7-19-12-14/h3,5-7,9,11-12H,4,8,10,13H2,1-2H3,(H,21,25)(H,22,24). The molecule has 132 valence electrons. The average Bonchev–Trinajstić information content (AvgIpc) is 2.64. The third-order valence-corrected chi connectivity index (χ3v) is 3.50. The van der Waals surface area contributed by atoms with Crippen LogP contribution in [0.2, 0.25) is 0 Å². The predicted molar refractivity (Wildman–Crippen MR) is 95.1 cm³/mol. The van der Waals surface area contributed by atoms with Crippen LogP contribution in [0, 0.1) is 0 Å². The van der Waals surface area contributed by atoms with E-state index < -0.39 is 0 Å². The van der Waals surface area contributed by atoms with Crippen molar-refractivity contribution >= 4 is 11.8 Å². The molecule has 0 aliphatic carbocycles. The molecule has 0 unspecified atom stereocenters. The molecule has 2 aromatic heterocycles. The third-order valence-electron chi connectivity index (χ3n) is 3.50. The van der Waals surface area contributed by atoms with Crippen LogP contribution < -0.4 is 10.6 Å². The SMILES string of the molecule is CN(C)CCCNC(=O)c1cc(C(=O)NCc2cccnc2)ccn1. The second kappa shape index (κ2) is 9.48. The molecular formula is C18H23N5O2. The molecule has 2 heterocycles. The number of aromatic nitrogens is 2. The number of hydrogen-bond donors (Lipinski definition) is 2. The summed E-state index contributed by atoms with van der Waals surface area (Å²) in [7, 11) is 3.97. The van der Waals surface area contributed by atoms with Crippen LogP contribution in [0.1, 0.15) is 32.8 Å². The fourth-order valence-electron chi connectivity index (χ4n) is 2.17. The zero-order valence-corrected chi connectivity index (χ0v) is 14.5. The van der Waals surface area contributed by atoms with Crippen molar-refractivity contribution in [2.24, 2.45) is 0 Å². The van der Waals surface area contributed by atoms with Gasteiger partial charge in [0.1, 0.15) is 5.69 Å². The van der Waals surface area contributed by atoms with Gasteiger partial charge in [0.05, 0.1) is 0 Å². The lowest BCUT2D eigenvalue weighted by atomic mass is 10.2. The summed E-state index contributed by atoms with van der Waals surface area (Å²) >= 11 is 0. The fourth-order valence-corrected chi connectivity index (χ4v) is 2.17. The van der Waals surface area contributed by atoms with Gasteiger partial charge in [0.25, 0.3) is 11.8 Å². The molecule has 7 heteroatoms. The number of nitrogens with one attached hydrogen (secondary N) is 2. The van der Waals surface area contributed by atoms with Crippen LogP contribution >= 0.6 is 0 Å². The lowest BCUT2D eigenvalue weighted by molar-refractivity contribution is 0.0947. The average molecular weight is 341 g/mol. The molecule has 2 rings (SSSR count). The quantitative estimate of drug-likeness (QED) is 0.702. The zero-order chi connectivity index (χ0) is 18.1. The lowest BCUT2D eigenvalue weighted by Gasteiger charge is -2.10. The first-order valence-electron chi connectivity index (χ1n) is 8.12. The van der Waals surface area contributed by atoms with Gasteiger partial charge in [0.15, 0.2) is 0 Å². The smallest absolute Gasteiger partial charge is 0.269 e. The minimum atomic E-state index is -0.277. The zero-order valence-electron chi connectivity index (χ0n) is 14.5. The van der Waals surface area contributed by atoms with Crippen molar-refractivity contribution in [3.8, 4) is 0 Å². The van der Waals surface area contributed by atoms with Gasteiger partial charge in [-0.1, -0.05) is 6.07 Å². The van der Waals surface area contributed by atoms with E-state index in [9.17, 15) is 9.59 Å². The normalized spacial score (nSPS) is 10.5. The molecule has 7 nitrogen and oxygen atoms in total. The summed E-state index contributed by atoms with van der Waals surface area (Å²) < 4.78 is 0. The monoisotopic (exact) mass is 341 g/mol. The van der Waals surface area contributed by atoms with Crippen LogP contribution in [0.15, 0.2) is 42.9 Å². The Bertz CT molecular complexity index is 704. The topological polar surface area (TPSA) is 87.2 Å². The molecule has 0 atom stereocenters. The molecule has 2 N–H and O–H groups in total. The van der Waals surface area contributed by atoms with E-state index in [2.05, 4.69) is 25.5 Å².